The molecule has 1 aromatic heterocycles. The van der Waals surface area contributed by atoms with E-state index in [1.54, 1.807) is 30.5 Å². The van der Waals surface area contributed by atoms with Crippen molar-refractivity contribution < 1.29 is 24.5 Å². The molecule has 1 nitrogen and oxygen atoms in total. The van der Waals surface area contributed by atoms with Crippen LogP contribution in [0.3, 0.4) is 0 Å². The van der Waals surface area contributed by atoms with Gasteiger partial charge in [0.25, 0.3) is 0 Å². The molecule has 0 spiro atoms. The zero-order valence-electron chi connectivity index (χ0n) is 7.20. The summed E-state index contributed by atoms with van der Waals surface area (Å²) in [4.78, 5) is 4.04. The maximum Gasteiger partial charge on any atom is 0.0380 e. The SMILES string of the molecule is Fc1ccc[c-]c1-c1ccccn1.[Ir]. The number of hydrogen-bond acceptors (Lipinski definition) is 1. The Morgan fingerprint density at radius 2 is 2.00 bits per heavy atom. The molecule has 0 atom stereocenters. The van der Waals surface area contributed by atoms with E-state index in [0.717, 1.165) is 0 Å². The number of rotatable bonds is 1. The van der Waals surface area contributed by atoms with Gasteiger partial charge in [0.15, 0.2) is 0 Å². The first-order valence-corrected chi connectivity index (χ1v) is 3.95. The van der Waals surface area contributed by atoms with Crippen molar-refractivity contribution in [3.63, 3.8) is 0 Å². The maximum absolute atomic E-state index is 13.2. The third-order valence-corrected chi connectivity index (χ3v) is 1.73. The van der Waals surface area contributed by atoms with E-state index in [1.165, 1.54) is 6.07 Å². The van der Waals surface area contributed by atoms with E-state index in [4.69, 9.17) is 0 Å². The largest absolute Gasteiger partial charge is 0.305 e. The van der Waals surface area contributed by atoms with Gasteiger partial charge in [0.05, 0.1) is 0 Å². The van der Waals surface area contributed by atoms with Crippen LogP contribution in [-0.2, 0) is 20.1 Å². The second-order valence-electron chi connectivity index (χ2n) is 2.61. The molecule has 0 N–H and O–H groups in total. The van der Waals surface area contributed by atoms with E-state index in [-0.39, 0.29) is 25.9 Å². The average Bonchev–Trinajstić information content (AvgIpc) is 2.20. The van der Waals surface area contributed by atoms with Crippen molar-refractivity contribution in [1.82, 2.24) is 4.98 Å². The fourth-order valence-corrected chi connectivity index (χ4v) is 1.12. The summed E-state index contributed by atoms with van der Waals surface area (Å²) >= 11 is 0. The Kier molecular flexibility index (Phi) is 3.93. The second kappa shape index (κ2) is 4.99. The number of nitrogens with zero attached hydrogens (tertiary/aromatic N) is 1. The summed E-state index contributed by atoms with van der Waals surface area (Å²) in [6.45, 7) is 0. The first-order valence-electron chi connectivity index (χ1n) is 3.95. The Hall–Kier alpha value is -1.05. The molecule has 0 saturated carbocycles. The van der Waals surface area contributed by atoms with E-state index >= 15 is 0 Å². The molecule has 1 radical (unpaired) electrons. The zero-order chi connectivity index (χ0) is 9.10. The standard InChI is InChI=1S/C11H7FN.Ir/c12-10-6-2-1-5-9(10)11-7-3-4-8-13-11;/h1-4,6-8H;/q-1;. The third-order valence-electron chi connectivity index (χ3n) is 1.73. The van der Waals surface area contributed by atoms with Crippen molar-refractivity contribution in [2.75, 3.05) is 0 Å². The van der Waals surface area contributed by atoms with Gasteiger partial charge in [0.2, 0.25) is 0 Å². The number of aromatic nitrogens is 1. The maximum atomic E-state index is 13.2. The van der Waals surface area contributed by atoms with Crippen LogP contribution in [0.1, 0.15) is 0 Å². The number of pyridine rings is 1. The fraction of sp³-hybridized carbons (Fsp3) is 0. The summed E-state index contributed by atoms with van der Waals surface area (Å²) in [5.41, 5.74) is 1.03. The van der Waals surface area contributed by atoms with E-state index < -0.39 is 0 Å². The fourth-order valence-electron chi connectivity index (χ4n) is 1.12. The Morgan fingerprint density at radius 3 is 2.64 bits per heavy atom. The molecular weight excluding hydrogens is 357 g/mol. The van der Waals surface area contributed by atoms with Gasteiger partial charge >= 0.3 is 0 Å². The molecule has 0 aliphatic carbocycles. The summed E-state index contributed by atoms with van der Waals surface area (Å²) in [5, 5.41) is 0. The molecule has 2 aromatic rings. The third kappa shape index (κ3) is 2.25. The van der Waals surface area contributed by atoms with Crippen molar-refractivity contribution in [3.8, 4) is 11.3 Å². The summed E-state index contributed by atoms with van der Waals surface area (Å²) in [6, 6.07) is 12.9. The van der Waals surface area contributed by atoms with Gasteiger partial charge in [-0.15, -0.1) is 24.3 Å². The van der Waals surface area contributed by atoms with Crippen molar-refractivity contribution in [2.24, 2.45) is 0 Å². The predicted octanol–water partition coefficient (Wildman–Crippen LogP) is 2.69. The Morgan fingerprint density at radius 1 is 1.14 bits per heavy atom. The molecule has 0 bridgehead atoms. The van der Waals surface area contributed by atoms with Gasteiger partial charge in [-0.05, 0) is 11.8 Å². The minimum Gasteiger partial charge on any atom is -0.305 e. The minimum atomic E-state index is -0.291. The van der Waals surface area contributed by atoms with E-state index in [0.29, 0.717) is 11.3 Å². The van der Waals surface area contributed by atoms with Crippen LogP contribution < -0.4 is 0 Å². The Labute approximate surface area is 95.4 Å². The molecule has 1 heterocycles. The van der Waals surface area contributed by atoms with Crippen LogP contribution in [-0.4, -0.2) is 4.98 Å². The molecular formula is C11H7FIrN-. The van der Waals surface area contributed by atoms with Gasteiger partial charge in [-0.3, -0.25) is 4.39 Å². The quantitative estimate of drug-likeness (QED) is 0.709. The smallest absolute Gasteiger partial charge is 0.0380 e. The van der Waals surface area contributed by atoms with Crippen LogP contribution in [0.15, 0.2) is 42.6 Å². The monoisotopic (exact) mass is 365 g/mol. The van der Waals surface area contributed by atoms with E-state index in [1.807, 2.05) is 6.07 Å². The van der Waals surface area contributed by atoms with Crippen LogP contribution in [0.5, 0.6) is 0 Å². The van der Waals surface area contributed by atoms with Crippen molar-refractivity contribution in [1.29, 1.82) is 0 Å². The van der Waals surface area contributed by atoms with Gasteiger partial charge in [-0.25, -0.2) is 0 Å². The first-order chi connectivity index (χ1) is 6.38. The van der Waals surface area contributed by atoms with Crippen molar-refractivity contribution in [3.05, 3.63) is 54.5 Å². The molecule has 0 fully saturated rings. The van der Waals surface area contributed by atoms with Gasteiger partial charge in [0.1, 0.15) is 0 Å². The summed E-state index contributed by atoms with van der Waals surface area (Å²) in [6.07, 6.45) is 1.63. The van der Waals surface area contributed by atoms with E-state index in [9.17, 15) is 4.39 Å². The van der Waals surface area contributed by atoms with Crippen LogP contribution in [0.4, 0.5) is 4.39 Å². The molecule has 14 heavy (non-hydrogen) atoms. The second-order valence-corrected chi connectivity index (χ2v) is 2.61. The molecule has 1 aromatic carbocycles. The van der Waals surface area contributed by atoms with Gasteiger partial charge < -0.3 is 4.98 Å². The Bertz CT molecular complexity index is 403. The molecule has 2 rings (SSSR count). The van der Waals surface area contributed by atoms with Crippen LogP contribution >= 0.6 is 0 Å². The molecule has 0 amide bonds. The van der Waals surface area contributed by atoms with E-state index in [2.05, 4.69) is 11.1 Å². The minimum absolute atomic E-state index is 0. The van der Waals surface area contributed by atoms with Crippen LogP contribution in [0.25, 0.3) is 11.3 Å². The normalized spacial score (nSPS) is 9.21. The summed E-state index contributed by atoms with van der Waals surface area (Å²) in [5.74, 6) is -0.291. The van der Waals surface area contributed by atoms with Gasteiger partial charge in [-0.1, -0.05) is 17.7 Å². The van der Waals surface area contributed by atoms with Crippen LogP contribution in [0, 0.1) is 11.9 Å². The topological polar surface area (TPSA) is 12.9 Å². The summed E-state index contributed by atoms with van der Waals surface area (Å²) in [7, 11) is 0. The molecule has 0 aliphatic heterocycles. The number of hydrogen-bond donors (Lipinski definition) is 0. The van der Waals surface area contributed by atoms with Gasteiger partial charge in [0, 0.05) is 32.1 Å². The van der Waals surface area contributed by atoms with Crippen LogP contribution in [0.2, 0.25) is 0 Å². The van der Waals surface area contributed by atoms with Crippen molar-refractivity contribution >= 4 is 0 Å². The van der Waals surface area contributed by atoms with Gasteiger partial charge in [-0.2, -0.15) is 0 Å². The average molecular weight is 364 g/mol. The van der Waals surface area contributed by atoms with Crippen molar-refractivity contribution in [2.45, 2.75) is 0 Å². The molecule has 73 valence electrons. The number of halogens is 1. The molecule has 0 unspecified atom stereocenters. The molecule has 0 aliphatic rings. The summed E-state index contributed by atoms with van der Waals surface area (Å²) < 4.78 is 13.2. The number of benzene rings is 1. The Balaban J connectivity index is 0.000000980. The first kappa shape index (κ1) is 11.0. The molecule has 0 saturated heterocycles. The predicted molar refractivity (Wildman–Crippen MR) is 48.5 cm³/mol. The zero-order valence-corrected chi connectivity index (χ0v) is 9.60. The molecule has 3 heteroatoms.